The number of hydrogen-bond donors (Lipinski definition) is 1. The van der Waals surface area contributed by atoms with Gasteiger partial charge in [0.05, 0.1) is 6.10 Å². The molecule has 1 heterocycles. The molecular formula is C33H49NO2. The van der Waals surface area contributed by atoms with E-state index in [1.54, 1.807) is 0 Å². The minimum Gasteiger partial charge on any atom is -0.393 e. The van der Waals surface area contributed by atoms with Crippen LogP contribution in [0.5, 0.6) is 0 Å². The van der Waals surface area contributed by atoms with Crippen LogP contribution in [0.2, 0.25) is 0 Å². The summed E-state index contributed by atoms with van der Waals surface area (Å²) in [5, 5.41) is 10.3. The first kappa shape index (κ1) is 25.0. The standard InChI is InChI=1S/C33H49NO2/c1-22(10-15-31(36)34-20-6-8-23-7-4-5-9-30(23)34)27-13-14-28-26-12-11-24-21-25(35)16-18-32(24,2)29(26)17-19-33(27,28)3/h4-5,7,9,22,24-29,35H,6,8,10-21H2,1-3H3/t22-,24?,25-,26?,27-,28?,29?,32?,33?/m1/s1. The van der Waals surface area contributed by atoms with Crippen LogP contribution in [0.15, 0.2) is 24.3 Å². The van der Waals surface area contributed by atoms with Gasteiger partial charge in [-0.1, -0.05) is 39.0 Å². The number of fused-ring (bicyclic) bond motifs is 6. The molecule has 0 saturated heterocycles. The maximum absolute atomic E-state index is 13.3. The molecule has 4 fully saturated rings. The Morgan fingerprint density at radius 3 is 2.67 bits per heavy atom. The van der Waals surface area contributed by atoms with E-state index < -0.39 is 0 Å². The van der Waals surface area contributed by atoms with Gasteiger partial charge in [0.15, 0.2) is 0 Å². The van der Waals surface area contributed by atoms with Gasteiger partial charge in [-0.2, -0.15) is 0 Å². The van der Waals surface area contributed by atoms with Crippen LogP contribution in [0.1, 0.15) is 103 Å². The van der Waals surface area contributed by atoms with E-state index in [1.165, 1.54) is 50.5 Å². The van der Waals surface area contributed by atoms with Crippen molar-refractivity contribution in [3.63, 3.8) is 0 Å². The average molecular weight is 492 g/mol. The van der Waals surface area contributed by atoms with Crippen molar-refractivity contribution in [3.05, 3.63) is 29.8 Å². The summed E-state index contributed by atoms with van der Waals surface area (Å²) in [5.41, 5.74) is 3.42. The number of rotatable bonds is 4. The highest BCUT2D eigenvalue weighted by molar-refractivity contribution is 5.94. The van der Waals surface area contributed by atoms with Gasteiger partial charge in [0, 0.05) is 18.7 Å². The van der Waals surface area contributed by atoms with Crippen molar-refractivity contribution in [3.8, 4) is 0 Å². The number of benzene rings is 1. The van der Waals surface area contributed by atoms with Crippen molar-refractivity contribution in [1.29, 1.82) is 0 Å². The zero-order valence-electron chi connectivity index (χ0n) is 23.1. The second kappa shape index (κ2) is 9.44. The highest BCUT2D eigenvalue weighted by atomic mass is 16.3. The number of aliphatic hydroxyl groups excluding tert-OH is 1. The lowest BCUT2D eigenvalue weighted by Crippen LogP contribution is -2.54. The fraction of sp³-hybridized carbons (Fsp3) is 0.788. The molecule has 9 atom stereocenters. The fourth-order valence-corrected chi connectivity index (χ4v) is 10.7. The van der Waals surface area contributed by atoms with Crippen LogP contribution in [0.3, 0.4) is 0 Å². The predicted molar refractivity (Wildman–Crippen MR) is 147 cm³/mol. The Balaban J connectivity index is 1.11. The number of carbonyl (C=O) groups excluding carboxylic acids is 1. The molecule has 3 nitrogen and oxygen atoms in total. The molecular weight excluding hydrogens is 442 g/mol. The van der Waals surface area contributed by atoms with E-state index in [0.29, 0.717) is 29.1 Å². The smallest absolute Gasteiger partial charge is 0.226 e. The lowest BCUT2D eigenvalue weighted by molar-refractivity contribution is -0.129. The van der Waals surface area contributed by atoms with E-state index in [4.69, 9.17) is 0 Å². The Morgan fingerprint density at radius 2 is 1.81 bits per heavy atom. The number of aliphatic hydroxyl groups is 1. The molecule has 0 aromatic heterocycles. The molecule has 1 aromatic rings. The Kier molecular flexibility index (Phi) is 6.54. The number of para-hydroxylation sites is 1. The van der Waals surface area contributed by atoms with Gasteiger partial charge in [0.1, 0.15) is 0 Å². The third-order valence-corrected chi connectivity index (χ3v) is 12.6. The molecule has 1 aromatic carbocycles. The first-order valence-electron chi connectivity index (χ1n) is 15.4. The zero-order valence-corrected chi connectivity index (χ0v) is 23.1. The van der Waals surface area contributed by atoms with E-state index >= 15 is 0 Å². The highest BCUT2D eigenvalue weighted by Gasteiger charge is 2.60. The first-order chi connectivity index (χ1) is 17.3. The number of amides is 1. The average Bonchev–Trinajstić information content (AvgIpc) is 3.24. The van der Waals surface area contributed by atoms with E-state index in [2.05, 4.69) is 49.9 Å². The molecule has 6 unspecified atom stereocenters. The molecule has 1 aliphatic heterocycles. The summed E-state index contributed by atoms with van der Waals surface area (Å²) < 4.78 is 0. The topological polar surface area (TPSA) is 40.5 Å². The maximum atomic E-state index is 13.3. The van der Waals surface area contributed by atoms with Crippen molar-refractivity contribution in [2.45, 2.75) is 110 Å². The number of carbonyl (C=O) groups is 1. The van der Waals surface area contributed by atoms with Crippen LogP contribution in [0, 0.1) is 46.3 Å². The van der Waals surface area contributed by atoms with Gasteiger partial charge in [0.25, 0.3) is 0 Å². The predicted octanol–water partition coefficient (Wildman–Crippen LogP) is 7.40. The van der Waals surface area contributed by atoms with Crippen molar-refractivity contribution in [1.82, 2.24) is 0 Å². The molecule has 1 N–H and O–H groups in total. The Bertz CT molecular complexity index is 974. The molecule has 0 spiro atoms. The summed E-state index contributed by atoms with van der Waals surface area (Å²) in [6.07, 6.45) is 15.5. The largest absolute Gasteiger partial charge is 0.393 e. The summed E-state index contributed by atoms with van der Waals surface area (Å²) in [4.78, 5) is 15.4. The summed E-state index contributed by atoms with van der Waals surface area (Å²) in [5.74, 6) is 5.11. The number of hydrogen-bond acceptors (Lipinski definition) is 2. The van der Waals surface area contributed by atoms with Crippen LogP contribution in [-0.4, -0.2) is 23.7 Å². The quantitative estimate of drug-likeness (QED) is 0.477. The van der Waals surface area contributed by atoms with Crippen LogP contribution < -0.4 is 4.90 Å². The van der Waals surface area contributed by atoms with E-state index in [1.807, 2.05) is 0 Å². The minimum absolute atomic E-state index is 0.0497. The van der Waals surface area contributed by atoms with Gasteiger partial charge in [-0.25, -0.2) is 0 Å². The van der Waals surface area contributed by atoms with Gasteiger partial charge in [-0.15, -0.1) is 0 Å². The minimum atomic E-state index is -0.0497. The first-order valence-corrected chi connectivity index (χ1v) is 15.4. The fourth-order valence-electron chi connectivity index (χ4n) is 10.7. The summed E-state index contributed by atoms with van der Waals surface area (Å²) in [7, 11) is 0. The highest BCUT2D eigenvalue weighted by Crippen LogP contribution is 2.68. The molecule has 36 heavy (non-hydrogen) atoms. The summed E-state index contributed by atoms with van der Waals surface area (Å²) >= 11 is 0. The molecule has 6 rings (SSSR count). The van der Waals surface area contributed by atoms with Gasteiger partial charge in [-0.3, -0.25) is 4.79 Å². The third kappa shape index (κ3) is 3.98. The van der Waals surface area contributed by atoms with Gasteiger partial charge >= 0.3 is 0 Å². The van der Waals surface area contributed by atoms with Gasteiger partial charge in [0.2, 0.25) is 5.91 Å². The molecule has 3 heteroatoms. The molecule has 4 saturated carbocycles. The molecule has 0 bridgehead atoms. The Hall–Kier alpha value is -1.35. The second-order valence-electron chi connectivity index (χ2n) is 14.1. The number of nitrogens with zero attached hydrogens (tertiary/aromatic N) is 1. The second-order valence-corrected chi connectivity index (χ2v) is 14.1. The summed E-state index contributed by atoms with van der Waals surface area (Å²) in [6, 6.07) is 8.51. The SMILES string of the molecule is C[C@H](CCC(=O)N1CCCc2ccccc21)[C@H]1CCC2C3CCC4C[C@H](O)CCC4(C)C3CCC21C. The Labute approximate surface area is 219 Å². The van der Waals surface area contributed by atoms with E-state index in [-0.39, 0.29) is 6.10 Å². The molecule has 4 aliphatic carbocycles. The summed E-state index contributed by atoms with van der Waals surface area (Å²) in [6.45, 7) is 8.59. The lowest BCUT2D eigenvalue weighted by Gasteiger charge is -2.61. The number of aryl methyl sites for hydroxylation is 1. The normalized spacial score (nSPS) is 42.6. The number of anilines is 1. The molecule has 0 radical (unpaired) electrons. The molecule has 1 amide bonds. The lowest BCUT2D eigenvalue weighted by atomic mass is 9.44. The van der Waals surface area contributed by atoms with Crippen molar-refractivity contribution in [2.75, 3.05) is 11.4 Å². The van der Waals surface area contributed by atoms with Crippen LogP contribution >= 0.6 is 0 Å². The maximum Gasteiger partial charge on any atom is 0.226 e. The van der Waals surface area contributed by atoms with Gasteiger partial charge in [-0.05, 0) is 135 Å². The van der Waals surface area contributed by atoms with Gasteiger partial charge < -0.3 is 10.0 Å². The third-order valence-electron chi connectivity index (χ3n) is 12.6. The van der Waals surface area contributed by atoms with Crippen molar-refractivity contribution >= 4 is 11.6 Å². The van der Waals surface area contributed by atoms with Crippen molar-refractivity contribution < 1.29 is 9.90 Å². The van der Waals surface area contributed by atoms with E-state index in [9.17, 15) is 9.90 Å². The van der Waals surface area contributed by atoms with Crippen LogP contribution in [-0.2, 0) is 11.2 Å². The van der Waals surface area contributed by atoms with Crippen molar-refractivity contribution in [2.24, 2.45) is 46.3 Å². The molecule has 198 valence electrons. The monoisotopic (exact) mass is 491 g/mol. The zero-order chi connectivity index (χ0) is 25.1. The molecule has 5 aliphatic rings. The van der Waals surface area contributed by atoms with E-state index in [0.717, 1.165) is 73.9 Å². The van der Waals surface area contributed by atoms with Crippen LogP contribution in [0.25, 0.3) is 0 Å². The Morgan fingerprint density at radius 1 is 1.03 bits per heavy atom. The van der Waals surface area contributed by atoms with Crippen LogP contribution in [0.4, 0.5) is 5.69 Å².